The molecule has 0 saturated carbocycles. The van der Waals surface area contributed by atoms with Crippen molar-refractivity contribution in [2.24, 2.45) is 0 Å². The summed E-state index contributed by atoms with van der Waals surface area (Å²) in [6.45, 7) is 4.52. The molecule has 7 heteroatoms. The second-order valence-electron chi connectivity index (χ2n) is 9.19. The van der Waals surface area contributed by atoms with Crippen LogP contribution >= 0.6 is 0 Å². The number of para-hydroxylation sites is 2. The molecule has 0 N–H and O–H groups in total. The van der Waals surface area contributed by atoms with Crippen molar-refractivity contribution in [1.82, 2.24) is 9.80 Å². The molecule has 4 rings (SSSR count). The highest BCUT2D eigenvalue weighted by molar-refractivity contribution is 5.87. The molecule has 1 unspecified atom stereocenters. The first-order chi connectivity index (χ1) is 17.1. The molecule has 2 heterocycles. The quantitative estimate of drug-likeness (QED) is 0.670. The van der Waals surface area contributed by atoms with Crippen molar-refractivity contribution >= 4 is 11.8 Å². The Morgan fingerprint density at radius 3 is 2.69 bits per heavy atom. The molecule has 2 amide bonds. The molecule has 2 aliphatic heterocycles. The number of likely N-dealkylation sites (N-methyl/N-ethyl adjacent to an activating group) is 1. The van der Waals surface area contributed by atoms with Gasteiger partial charge in [-0.05, 0) is 50.3 Å². The lowest BCUT2D eigenvalue weighted by molar-refractivity contribution is -0.176. The predicted octanol–water partition coefficient (Wildman–Crippen LogP) is 3.49. The molecule has 0 aliphatic carbocycles. The molecule has 0 aromatic heterocycles. The Labute approximate surface area is 207 Å². The zero-order valence-electron chi connectivity index (χ0n) is 20.8. The molecule has 2 aromatic rings. The largest absolute Gasteiger partial charge is 0.496 e. The maximum Gasteiger partial charge on any atom is 0.256 e. The number of morpholine rings is 1. The third-order valence-corrected chi connectivity index (χ3v) is 7.00. The second kappa shape index (κ2) is 11.6. The van der Waals surface area contributed by atoms with Crippen molar-refractivity contribution in [3.05, 3.63) is 59.7 Å². The average Bonchev–Trinajstić information content (AvgIpc) is 2.89. The second-order valence-corrected chi connectivity index (χ2v) is 9.19. The normalized spacial score (nSPS) is 21.5. The van der Waals surface area contributed by atoms with E-state index in [2.05, 4.69) is 6.07 Å². The lowest BCUT2D eigenvalue weighted by Gasteiger charge is -2.44. The zero-order chi connectivity index (χ0) is 24.7. The van der Waals surface area contributed by atoms with Crippen molar-refractivity contribution in [3.63, 3.8) is 0 Å². The van der Waals surface area contributed by atoms with Crippen LogP contribution in [-0.4, -0.2) is 73.7 Å². The molecule has 2 aromatic carbocycles. The smallest absolute Gasteiger partial charge is 0.256 e. The van der Waals surface area contributed by atoms with Crippen molar-refractivity contribution in [1.29, 1.82) is 0 Å². The van der Waals surface area contributed by atoms with E-state index >= 15 is 0 Å². The van der Waals surface area contributed by atoms with Crippen LogP contribution in [0.3, 0.4) is 0 Å². The Morgan fingerprint density at radius 2 is 1.86 bits per heavy atom. The highest BCUT2D eigenvalue weighted by Gasteiger charge is 2.46. The van der Waals surface area contributed by atoms with Gasteiger partial charge in [-0.1, -0.05) is 36.4 Å². The number of carbonyl (C=O) groups is 2. The topological polar surface area (TPSA) is 68.3 Å². The van der Waals surface area contributed by atoms with Gasteiger partial charge in [0, 0.05) is 18.7 Å². The molecule has 35 heavy (non-hydrogen) atoms. The number of rotatable bonds is 4. The van der Waals surface area contributed by atoms with Gasteiger partial charge in [0.25, 0.3) is 5.91 Å². The molecular formula is C28H36N2O5. The summed E-state index contributed by atoms with van der Waals surface area (Å²) in [6.07, 6.45) is 3.45. The first kappa shape index (κ1) is 25.0. The van der Waals surface area contributed by atoms with E-state index in [-0.39, 0.29) is 24.8 Å². The number of amides is 2. The van der Waals surface area contributed by atoms with Gasteiger partial charge in [0.15, 0.2) is 5.60 Å². The molecule has 0 bridgehead atoms. The summed E-state index contributed by atoms with van der Waals surface area (Å²) in [5, 5.41) is 0. The third-order valence-electron chi connectivity index (χ3n) is 7.00. The van der Waals surface area contributed by atoms with E-state index in [9.17, 15) is 9.59 Å². The number of carbonyl (C=O) groups excluding carboxylic acids is 2. The Bertz CT molecular complexity index is 1030. The molecule has 188 valence electrons. The fourth-order valence-electron chi connectivity index (χ4n) is 5.04. The van der Waals surface area contributed by atoms with Crippen LogP contribution < -0.4 is 9.47 Å². The van der Waals surface area contributed by atoms with E-state index in [1.807, 2.05) is 49.4 Å². The van der Waals surface area contributed by atoms with Crippen molar-refractivity contribution in [2.75, 3.05) is 46.5 Å². The van der Waals surface area contributed by atoms with E-state index in [1.54, 1.807) is 16.9 Å². The standard InChI is InChI=1S/C28H36N2O5/c1-3-29-16-18-34-25-14-7-4-10-22(25)11-8-9-15-28(27(29)32)21-30(17-19-35-28)26(31)20-23-12-5-6-13-24(23)33-2/h4-7,10,12-14H,3,8-9,11,15-21H2,1-2H3. The van der Waals surface area contributed by atoms with Crippen LogP contribution in [0.4, 0.5) is 0 Å². The van der Waals surface area contributed by atoms with Gasteiger partial charge < -0.3 is 24.0 Å². The first-order valence-corrected chi connectivity index (χ1v) is 12.6. The van der Waals surface area contributed by atoms with Crippen LogP contribution in [0.1, 0.15) is 37.3 Å². The van der Waals surface area contributed by atoms with Crippen molar-refractivity contribution in [3.8, 4) is 11.5 Å². The van der Waals surface area contributed by atoms with Gasteiger partial charge in [0.1, 0.15) is 18.1 Å². The minimum atomic E-state index is -1.02. The minimum Gasteiger partial charge on any atom is -0.496 e. The van der Waals surface area contributed by atoms with Gasteiger partial charge in [0.05, 0.1) is 33.2 Å². The van der Waals surface area contributed by atoms with E-state index in [4.69, 9.17) is 14.2 Å². The molecule has 1 spiro atoms. The summed E-state index contributed by atoms with van der Waals surface area (Å²) in [6, 6.07) is 15.7. The van der Waals surface area contributed by atoms with Crippen LogP contribution in [0.5, 0.6) is 11.5 Å². The van der Waals surface area contributed by atoms with Gasteiger partial charge in [-0.2, -0.15) is 0 Å². The maximum atomic E-state index is 13.8. The lowest BCUT2D eigenvalue weighted by atomic mass is 9.90. The molecule has 0 radical (unpaired) electrons. The van der Waals surface area contributed by atoms with Crippen LogP contribution in [0, 0.1) is 0 Å². The monoisotopic (exact) mass is 480 g/mol. The van der Waals surface area contributed by atoms with Gasteiger partial charge >= 0.3 is 0 Å². The van der Waals surface area contributed by atoms with Gasteiger partial charge in [0.2, 0.25) is 5.91 Å². The summed E-state index contributed by atoms with van der Waals surface area (Å²) in [4.78, 5) is 30.7. The van der Waals surface area contributed by atoms with E-state index in [0.717, 1.165) is 30.6 Å². The molecular weight excluding hydrogens is 444 g/mol. The predicted molar refractivity (Wildman–Crippen MR) is 134 cm³/mol. The maximum absolute atomic E-state index is 13.8. The van der Waals surface area contributed by atoms with Crippen molar-refractivity contribution < 1.29 is 23.8 Å². The number of fused-ring (bicyclic) bond motifs is 1. The minimum absolute atomic E-state index is 0.0172. The van der Waals surface area contributed by atoms with Gasteiger partial charge in [-0.3, -0.25) is 9.59 Å². The SMILES string of the molecule is CCN1CCOc2ccccc2CCCCC2(CN(C(=O)Cc3ccccc3OC)CCO2)C1=O. The number of benzene rings is 2. The highest BCUT2D eigenvalue weighted by Crippen LogP contribution is 2.30. The van der Waals surface area contributed by atoms with Crippen molar-refractivity contribution in [2.45, 2.75) is 44.6 Å². The molecule has 1 saturated heterocycles. The third kappa shape index (κ3) is 5.78. The van der Waals surface area contributed by atoms with E-state index in [1.165, 1.54) is 5.56 Å². The molecule has 2 aliphatic rings. The fraction of sp³-hybridized carbons (Fsp3) is 0.500. The summed E-state index contributed by atoms with van der Waals surface area (Å²) in [5.41, 5.74) is 1.01. The number of aryl methyl sites for hydroxylation is 1. The summed E-state index contributed by atoms with van der Waals surface area (Å²) in [5.74, 6) is 1.53. The fourth-order valence-corrected chi connectivity index (χ4v) is 5.04. The summed E-state index contributed by atoms with van der Waals surface area (Å²) < 4.78 is 17.7. The number of nitrogens with zero attached hydrogens (tertiary/aromatic N) is 2. The Balaban J connectivity index is 1.52. The molecule has 1 fully saturated rings. The number of ether oxygens (including phenoxy) is 3. The van der Waals surface area contributed by atoms with Crippen LogP contribution in [0.2, 0.25) is 0 Å². The number of hydrogen-bond donors (Lipinski definition) is 0. The van der Waals surface area contributed by atoms with Gasteiger partial charge in [-0.25, -0.2) is 0 Å². The lowest BCUT2D eigenvalue weighted by Crippen LogP contribution is -2.62. The van der Waals surface area contributed by atoms with E-state index in [0.29, 0.717) is 45.0 Å². The molecule has 7 nitrogen and oxygen atoms in total. The number of hydrogen-bond acceptors (Lipinski definition) is 5. The highest BCUT2D eigenvalue weighted by atomic mass is 16.5. The molecule has 1 atom stereocenters. The summed E-state index contributed by atoms with van der Waals surface area (Å²) in [7, 11) is 1.61. The summed E-state index contributed by atoms with van der Waals surface area (Å²) >= 11 is 0. The average molecular weight is 481 g/mol. The van der Waals surface area contributed by atoms with E-state index < -0.39 is 5.60 Å². The Hall–Kier alpha value is -3.06. The van der Waals surface area contributed by atoms with Crippen LogP contribution in [0.25, 0.3) is 0 Å². The Kier molecular flexibility index (Phi) is 8.29. The van der Waals surface area contributed by atoms with Gasteiger partial charge in [-0.15, -0.1) is 0 Å². The number of methoxy groups -OCH3 is 1. The first-order valence-electron chi connectivity index (χ1n) is 12.6. The van der Waals surface area contributed by atoms with Crippen LogP contribution in [-0.2, 0) is 27.2 Å². The zero-order valence-corrected chi connectivity index (χ0v) is 20.8. The van der Waals surface area contributed by atoms with Crippen LogP contribution in [0.15, 0.2) is 48.5 Å². The Morgan fingerprint density at radius 1 is 1.06 bits per heavy atom.